The Bertz CT molecular complexity index is 428. The van der Waals surface area contributed by atoms with Crippen LogP contribution in [0.3, 0.4) is 0 Å². The largest absolute Gasteiger partial charge is 0.380 e. The Balaban J connectivity index is 1.54. The van der Waals surface area contributed by atoms with Gasteiger partial charge in [0.05, 0.1) is 6.10 Å². The SMILES string of the molecule is COC1CCN(Cc2cc(CNC3CC3)sc2C)C1. The van der Waals surface area contributed by atoms with Gasteiger partial charge in [0.2, 0.25) is 0 Å². The fourth-order valence-electron chi connectivity index (χ4n) is 2.74. The molecule has 2 heterocycles. The molecule has 1 aliphatic carbocycles. The van der Waals surface area contributed by atoms with E-state index in [0.717, 1.165) is 25.7 Å². The lowest BCUT2D eigenvalue weighted by molar-refractivity contribution is 0.107. The van der Waals surface area contributed by atoms with Gasteiger partial charge in [-0.1, -0.05) is 0 Å². The molecule has 1 saturated carbocycles. The smallest absolute Gasteiger partial charge is 0.0710 e. The molecule has 1 aromatic rings. The van der Waals surface area contributed by atoms with Crippen LogP contribution < -0.4 is 5.32 Å². The van der Waals surface area contributed by atoms with Gasteiger partial charge < -0.3 is 10.1 Å². The number of nitrogens with zero attached hydrogens (tertiary/aromatic N) is 1. The van der Waals surface area contributed by atoms with Crippen molar-refractivity contribution in [3.8, 4) is 0 Å². The fraction of sp³-hybridized carbons (Fsp3) is 0.733. The first kappa shape index (κ1) is 13.6. The average molecular weight is 280 g/mol. The Hall–Kier alpha value is -0.420. The van der Waals surface area contributed by atoms with Gasteiger partial charge in [-0.25, -0.2) is 0 Å². The Morgan fingerprint density at radius 1 is 1.42 bits per heavy atom. The van der Waals surface area contributed by atoms with Crippen molar-refractivity contribution < 1.29 is 4.74 Å². The van der Waals surface area contributed by atoms with E-state index >= 15 is 0 Å². The Labute approximate surface area is 119 Å². The average Bonchev–Trinajstić information content (AvgIpc) is 3.02. The summed E-state index contributed by atoms with van der Waals surface area (Å²) in [6.07, 6.45) is 4.35. The van der Waals surface area contributed by atoms with Gasteiger partial charge in [-0.15, -0.1) is 11.3 Å². The second-order valence-electron chi connectivity index (χ2n) is 5.83. The minimum Gasteiger partial charge on any atom is -0.380 e. The van der Waals surface area contributed by atoms with Crippen LogP contribution in [0, 0.1) is 6.92 Å². The summed E-state index contributed by atoms with van der Waals surface area (Å²) >= 11 is 1.95. The zero-order chi connectivity index (χ0) is 13.2. The van der Waals surface area contributed by atoms with Crippen LogP contribution in [0.4, 0.5) is 0 Å². The zero-order valence-electron chi connectivity index (χ0n) is 11.9. The quantitative estimate of drug-likeness (QED) is 0.866. The standard InChI is InChI=1S/C15H24N2OS/c1-11-12(9-17-6-5-14(10-17)18-2)7-15(19-11)8-16-13-3-4-13/h7,13-14,16H,3-6,8-10H2,1-2H3. The van der Waals surface area contributed by atoms with E-state index in [9.17, 15) is 0 Å². The number of rotatable bonds is 6. The van der Waals surface area contributed by atoms with Gasteiger partial charge in [-0.3, -0.25) is 4.90 Å². The van der Waals surface area contributed by atoms with E-state index in [0.29, 0.717) is 6.10 Å². The summed E-state index contributed by atoms with van der Waals surface area (Å²) < 4.78 is 5.44. The van der Waals surface area contributed by atoms with Gasteiger partial charge in [0.1, 0.15) is 0 Å². The van der Waals surface area contributed by atoms with Crippen molar-refractivity contribution in [2.24, 2.45) is 0 Å². The van der Waals surface area contributed by atoms with Gasteiger partial charge in [0.15, 0.2) is 0 Å². The maximum absolute atomic E-state index is 5.44. The molecular formula is C15H24N2OS. The number of aryl methyl sites for hydroxylation is 1. The van der Waals surface area contributed by atoms with Gasteiger partial charge in [-0.05, 0) is 37.8 Å². The maximum Gasteiger partial charge on any atom is 0.0710 e. The van der Waals surface area contributed by atoms with Gasteiger partial charge in [-0.2, -0.15) is 0 Å². The first-order valence-corrected chi connectivity index (χ1v) is 8.13. The van der Waals surface area contributed by atoms with Crippen LogP contribution in [0.5, 0.6) is 0 Å². The number of hydrogen-bond acceptors (Lipinski definition) is 4. The molecular weight excluding hydrogens is 256 g/mol. The van der Waals surface area contributed by atoms with Crippen molar-refractivity contribution >= 4 is 11.3 Å². The Morgan fingerprint density at radius 2 is 2.26 bits per heavy atom. The Morgan fingerprint density at radius 3 is 2.95 bits per heavy atom. The van der Waals surface area contributed by atoms with Crippen molar-refractivity contribution in [1.29, 1.82) is 0 Å². The zero-order valence-corrected chi connectivity index (χ0v) is 12.8. The minimum absolute atomic E-state index is 0.440. The summed E-state index contributed by atoms with van der Waals surface area (Å²) in [6.45, 7) is 6.65. The molecule has 1 aromatic heterocycles. The second kappa shape index (κ2) is 5.92. The lowest BCUT2D eigenvalue weighted by Gasteiger charge is -2.15. The predicted molar refractivity (Wildman–Crippen MR) is 79.6 cm³/mol. The van der Waals surface area contributed by atoms with Crippen LogP contribution >= 0.6 is 11.3 Å². The molecule has 0 radical (unpaired) electrons. The maximum atomic E-state index is 5.44. The van der Waals surface area contributed by atoms with Crippen LogP contribution in [-0.4, -0.2) is 37.2 Å². The van der Waals surface area contributed by atoms with E-state index < -0.39 is 0 Å². The Kier molecular flexibility index (Phi) is 4.22. The van der Waals surface area contributed by atoms with Crippen molar-refractivity contribution in [2.45, 2.75) is 51.4 Å². The molecule has 0 bridgehead atoms. The molecule has 4 heteroatoms. The molecule has 1 N–H and O–H groups in total. The van der Waals surface area contributed by atoms with E-state index in [-0.39, 0.29) is 0 Å². The molecule has 2 aliphatic rings. The molecule has 1 saturated heterocycles. The molecule has 1 unspecified atom stereocenters. The molecule has 1 atom stereocenters. The third kappa shape index (κ3) is 3.57. The molecule has 0 spiro atoms. The van der Waals surface area contributed by atoms with Crippen LogP contribution in [0.2, 0.25) is 0 Å². The highest BCUT2D eigenvalue weighted by molar-refractivity contribution is 7.12. The van der Waals surface area contributed by atoms with Crippen molar-refractivity contribution in [1.82, 2.24) is 10.2 Å². The van der Waals surface area contributed by atoms with Crippen molar-refractivity contribution in [2.75, 3.05) is 20.2 Å². The van der Waals surface area contributed by atoms with Crippen LogP contribution in [0.25, 0.3) is 0 Å². The number of ether oxygens (including phenoxy) is 1. The first-order chi connectivity index (χ1) is 9.24. The van der Waals surface area contributed by atoms with Crippen molar-refractivity contribution in [3.63, 3.8) is 0 Å². The van der Waals surface area contributed by atoms with E-state index in [2.05, 4.69) is 23.2 Å². The summed E-state index contributed by atoms with van der Waals surface area (Å²) in [7, 11) is 1.83. The second-order valence-corrected chi connectivity index (χ2v) is 7.17. The fourth-order valence-corrected chi connectivity index (χ4v) is 3.74. The normalized spacial score (nSPS) is 24.2. The van der Waals surface area contributed by atoms with Crippen molar-refractivity contribution in [3.05, 3.63) is 21.4 Å². The molecule has 19 heavy (non-hydrogen) atoms. The number of methoxy groups -OCH3 is 1. The van der Waals surface area contributed by atoms with E-state index in [1.54, 1.807) is 0 Å². The van der Waals surface area contributed by atoms with E-state index in [1.807, 2.05) is 18.4 Å². The van der Waals surface area contributed by atoms with Crippen LogP contribution in [0.15, 0.2) is 6.07 Å². The highest BCUT2D eigenvalue weighted by Gasteiger charge is 2.23. The molecule has 3 nitrogen and oxygen atoms in total. The molecule has 106 valence electrons. The van der Waals surface area contributed by atoms with E-state index in [4.69, 9.17) is 4.74 Å². The minimum atomic E-state index is 0.440. The highest BCUT2D eigenvalue weighted by atomic mass is 32.1. The summed E-state index contributed by atoms with van der Waals surface area (Å²) in [5.41, 5.74) is 1.51. The number of nitrogens with one attached hydrogen (secondary N) is 1. The number of thiophene rings is 1. The van der Waals surface area contributed by atoms with E-state index in [1.165, 1.54) is 41.1 Å². The van der Waals surface area contributed by atoms with Gasteiger partial charge in [0, 0.05) is 49.1 Å². The summed E-state index contributed by atoms with van der Waals surface area (Å²) in [5.74, 6) is 0. The van der Waals surface area contributed by atoms with Crippen LogP contribution in [0.1, 0.15) is 34.6 Å². The summed E-state index contributed by atoms with van der Waals surface area (Å²) in [5, 5.41) is 3.60. The lowest BCUT2D eigenvalue weighted by atomic mass is 10.2. The van der Waals surface area contributed by atoms with Gasteiger partial charge in [0.25, 0.3) is 0 Å². The third-order valence-electron chi connectivity index (χ3n) is 4.17. The number of likely N-dealkylation sites (tertiary alicyclic amines) is 1. The summed E-state index contributed by atoms with van der Waals surface area (Å²) in [6, 6.07) is 3.20. The molecule has 1 aliphatic heterocycles. The van der Waals surface area contributed by atoms with Gasteiger partial charge >= 0.3 is 0 Å². The summed E-state index contributed by atoms with van der Waals surface area (Å²) in [4.78, 5) is 5.48. The monoisotopic (exact) mass is 280 g/mol. The lowest BCUT2D eigenvalue weighted by Crippen LogP contribution is -2.22. The van der Waals surface area contributed by atoms with Crippen LogP contribution in [-0.2, 0) is 17.8 Å². The molecule has 0 aromatic carbocycles. The number of hydrogen-bond donors (Lipinski definition) is 1. The first-order valence-electron chi connectivity index (χ1n) is 7.31. The highest BCUT2D eigenvalue weighted by Crippen LogP contribution is 2.26. The third-order valence-corrected chi connectivity index (χ3v) is 5.26. The predicted octanol–water partition coefficient (Wildman–Crippen LogP) is 2.53. The topological polar surface area (TPSA) is 24.5 Å². The molecule has 3 rings (SSSR count). The molecule has 2 fully saturated rings. The molecule has 0 amide bonds.